The van der Waals surface area contributed by atoms with Crippen LogP contribution in [0.5, 0.6) is 0 Å². The van der Waals surface area contributed by atoms with Crippen LogP contribution in [0.1, 0.15) is 19.3 Å². The third-order valence-electron chi connectivity index (χ3n) is 2.94. The highest BCUT2D eigenvalue weighted by atomic mass is 19.4. The number of hydrogen-bond donors (Lipinski definition) is 1. The van der Waals surface area contributed by atoms with E-state index in [1.165, 1.54) is 0 Å². The van der Waals surface area contributed by atoms with E-state index < -0.39 is 24.0 Å². The van der Waals surface area contributed by atoms with Crippen molar-refractivity contribution in [2.45, 2.75) is 37.3 Å². The van der Waals surface area contributed by atoms with Crippen LogP contribution in [0, 0.1) is 5.92 Å². The van der Waals surface area contributed by atoms with Crippen molar-refractivity contribution in [1.82, 2.24) is 0 Å². The topological polar surface area (TPSA) is 38.7 Å². The first-order valence-corrected chi connectivity index (χ1v) is 4.94. The number of ether oxygens (including phenoxy) is 2. The Hall–Kier alpha value is -0.330. The molecular weight excluding hydrogens is 213 g/mol. The van der Waals surface area contributed by atoms with Gasteiger partial charge in [-0.05, 0) is 6.42 Å². The van der Waals surface area contributed by atoms with Gasteiger partial charge in [-0.15, -0.1) is 0 Å². The van der Waals surface area contributed by atoms with Gasteiger partial charge in [0.15, 0.2) is 5.79 Å². The summed E-state index contributed by atoms with van der Waals surface area (Å²) in [5, 5.41) is 9.41. The van der Waals surface area contributed by atoms with Crippen LogP contribution in [0.2, 0.25) is 0 Å². The summed E-state index contributed by atoms with van der Waals surface area (Å²) in [7, 11) is 0. The quantitative estimate of drug-likeness (QED) is 0.679. The molecule has 0 amide bonds. The van der Waals surface area contributed by atoms with Crippen molar-refractivity contribution in [3.05, 3.63) is 0 Å². The van der Waals surface area contributed by atoms with Crippen LogP contribution in [0.4, 0.5) is 13.2 Å². The Labute approximate surface area is 85.2 Å². The predicted octanol–water partition coefficient (Wildman–Crippen LogP) is 1.45. The fourth-order valence-corrected chi connectivity index (χ4v) is 2.29. The molecule has 1 spiro atoms. The highest BCUT2D eigenvalue weighted by Crippen LogP contribution is 2.45. The van der Waals surface area contributed by atoms with Crippen molar-refractivity contribution in [3.63, 3.8) is 0 Å². The van der Waals surface area contributed by atoms with Crippen molar-refractivity contribution in [2.75, 3.05) is 13.2 Å². The van der Waals surface area contributed by atoms with Gasteiger partial charge in [0.25, 0.3) is 0 Å². The lowest BCUT2D eigenvalue weighted by molar-refractivity contribution is -0.258. The van der Waals surface area contributed by atoms with Crippen molar-refractivity contribution < 1.29 is 27.8 Å². The lowest BCUT2D eigenvalue weighted by Gasteiger charge is -2.39. The molecule has 0 radical (unpaired) electrons. The monoisotopic (exact) mass is 226 g/mol. The Morgan fingerprint density at radius 3 is 2.27 bits per heavy atom. The zero-order valence-corrected chi connectivity index (χ0v) is 8.09. The number of hydrogen-bond acceptors (Lipinski definition) is 3. The first-order valence-electron chi connectivity index (χ1n) is 4.94. The van der Waals surface area contributed by atoms with Crippen LogP contribution in [0.3, 0.4) is 0 Å². The SMILES string of the molecule is O[C@H]1C[C@@H](C(F)(F)F)CC2(C1)OCCO2. The Balaban J connectivity index is 2.10. The number of halogens is 3. The minimum atomic E-state index is -4.29. The van der Waals surface area contributed by atoms with E-state index in [9.17, 15) is 18.3 Å². The summed E-state index contributed by atoms with van der Waals surface area (Å²) >= 11 is 0. The maximum atomic E-state index is 12.5. The lowest BCUT2D eigenvalue weighted by Crippen LogP contribution is -2.46. The first kappa shape index (κ1) is 11.2. The molecule has 0 unspecified atom stereocenters. The summed E-state index contributed by atoms with van der Waals surface area (Å²) in [6, 6.07) is 0. The molecule has 1 heterocycles. The minimum Gasteiger partial charge on any atom is -0.393 e. The fraction of sp³-hybridized carbons (Fsp3) is 1.00. The smallest absolute Gasteiger partial charge is 0.392 e. The maximum Gasteiger partial charge on any atom is 0.392 e. The molecule has 15 heavy (non-hydrogen) atoms. The molecule has 1 N–H and O–H groups in total. The van der Waals surface area contributed by atoms with Gasteiger partial charge >= 0.3 is 6.18 Å². The van der Waals surface area contributed by atoms with E-state index in [1.807, 2.05) is 0 Å². The van der Waals surface area contributed by atoms with Gasteiger partial charge < -0.3 is 14.6 Å². The molecule has 2 fully saturated rings. The maximum absolute atomic E-state index is 12.5. The van der Waals surface area contributed by atoms with Crippen molar-refractivity contribution in [1.29, 1.82) is 0 Å². The number of aliphatic hydroxyl groups is 1. The molecule has 1 aliphatic heterocycles. The molecule has 1 saturated heterocycles. The molecule has 0 bridgehead atoms. The zero-order chi connectivity index (χ0) is 11.1. The van der Waals surface area contributed by atoms with E-state index >= 15 is 0 Å². The second-order valence-electron chi connectivity index (χ2n) is 4.14. The number of aliphatic hydroxyl groups excluding tert-OH is 1. The summed E-state index contributed by atoms with van der Waals surface area (Å²) in [6.45, 7) is 0.606. The van der Waals surface area contributed by atoms with E-state index in [0.29, 0.717) is 13.2 Å². The largest absolute Gasteiger partial charge is 0.393 e. The van der Waals surface area contributed by atoms with E-state index in [-0.39, 0.29) is 19.3 Å². The summed E-state index contributed by atoms with van der Waals surface area (Å²) in [4.78, 5) is 0. The average Bonchev–Trinajstić information content (AvgIpc) is 2.50. The Bertz CT molecular complexity index is 235. The summed E-state index contributed by atoms with van der Waals surface area (Å²) in [5.41, 5.74) is 0. The molecule has 3 nitrogen and oxygen atoms in total. The Morgan fingerprint density at radius 2 is 1.73 bits per heavy atom. The first-order chi connectivity index (χ1) is 6.91. The van der Waals surface area contributed by atoms with Gasteiger partial charge in [-0.1, -0.05) is 0 Å². The second-order valence-corrected chi connectivity index (χ2v) is 4.14. The zero-order valence-electron chi connectivity index (χ0n) is 8.09. The molecule has 0 aromatic heterocycles. The van der Waals surface area contributed by atoms with Crippen molar-refractivity contribution in [2.24, 2.45) is 5.92 Å². The predicted molar refractivity (Wildman–Crippen MR) is 44.0 cm³/mol. The lowest BCUT2D eigenvalue weighted by atomic mass is 9.82. The molecule has 2 aliphatic rings. The highest BCUT2D eigenvalue weighted by Gasteiger charge is 2.52. The molecule has 88 valence electrons. The van der Waals surface area contributed by atoms with E-state index in [4.69, 9.17) is 9.47 Å². The van der Waals surface area contributed by atoms with Crippen LogP contribution < -0.4 is 0 Å². The molecule has 2 rings (SSSR count). The molecule has 2 atom stereocenters. The van der Waals surface area contributed by atoms with Gasteiger partial charge in [0.1, 0.15) is 0 Å². The Morgan fingerprint density at radius 1 is 1.13 bits per heavy atom. The van der Waals surface area contributed by atoms with E-state index in [2.05, 4.69) is 0 Å². The third kappa shape index (κ3) is 2.26. The third-order valence-corrected chi connectivity index (χ3v) is 2.94. The van der Waals surface area contributed by atoms with Gasteiger partial charge in [-0.3, -0.25) is 0 Å². The van der Waals surface area contributed by atoms with Crippen LogP contribution in [0.15, 0.2) is 0 Å². The van der Waals surface area contributed by atoms with Gasteiger partial charge in [-0.25, -0.2) is 0 Å². The molecule has 0 aromatic carbocycles. The molecule has 1 aliphatic carbocycles. The average molecular weight is 226 g/mol. The summed E-state index contributed by atoms with van der Waals surface area (Å²) in [5.74, 6) is -2.72. The molecule has 6 heteroatoms. The number of rotatable bonds is 0. The van der Waals surface area contributed by atoms with Crippen LogP contribution in [0.25, 0.3) is 0 Å². The molecular formula is C9H13F3O3. The standard InChI is InChI=1S/C9H13F3O3/c10-9(11,12)6-3-7(13)5-8(4-6)14-1-2-15-8/h6-7,13H,1-5H2/t6-,7+/m1/s1. The summed E-state index contributed by atoms with van der Waals surface area (Å²) < 4.78 is 48.0. The van der Waals surface area contributed by atoms with E-state index in [0.717, 1.165) is 0 Å². The van der Waals surface area contributed by atoms with E-state index in [1.54, 1.807) is 0 Å². The number of alkyl halides is 3. The van der Waals surface area contributed by atoms with Gasteiger partial charge in [0.05, 0.1) is 25.2 Å². The highest BCUT2D eigenvalue weighted by molar-refractivity contribution is 4.90. The van der Waals surface area contributed by atoms with Crippen LogP contribution >= 0.6 is 0 Å². The van der Waals surface area contributed by atoms with Crippen LogP contribution in [-0.4, -0.2) is 36.4 Å². The Kier molecular flexibility index (Phi) is 2.68. The van der Waals surface area contributed by atoms with Crippen LogP contribution in [-0.2, 0) is 9.47 Å². The van der Waals surface area contributed by atoms with Gasteiger partial charge in [0, 0.05) is 12.8 Å². The molecule has 0 aromatic rings. The minimum absolute atomic E-state index is 0.138. The van der Waals surface area contributed by atoms with Crippen molar-refractivity contribution in [3.8, 4) is 0 Å². The van der Waals surface area contributed by atoms with Gasteiger partial charge in [0.2, 0.25) is 0 Å². The second kappa shape index (κ2) is 3.61. The van der Waals surface area contributed by atoms with Gasteiger partial charge in [-0.2, -0.15) is 13.2 Å². The summed E-state index contributed by atoms with van der Waals surface area (Å²) in [6.07, 6.45) is -5.60. The van der Waals surface area contributed by atoms with Crippen molar-refractivity contribution >= 4 is 0 Å². The molecule has 1 saturated carbocycles. The fourth-order valence-electron chi connectivity index (χ4n) is 2.29. The normalized spacial score (nSPS) is 36.0.